The third kappa shape index (κ3) is 2.41. The van der Waals surface area contributed by atoms with Crippen molar-refractivity contribution in [1.82, 2.24) is 14.7 Å². The van der Waals surface area contributed by atoms with Crippen LogP contribution in [-0.2, 0) is 0 Å². The van der Waals surface area contributed by atoms with Crippen LogP contribution in [0.3, 0.4) is 0 Å². The summed E-state index contributed by atoms with van der Waals surface area (Å²) in [5.41, 5.74) is 0. The van der Waals surface area contributed by atoms with Crippen LogP contribution in [0.15, 0.2) is 11.6 Å². The number of rotatable bonds is 4. The lowest BCUT2D eigenvalue weighted by molar-refractivity contribution is -0.389. The van der Waals surface area contributed by atoms with Gasteiger partial charge in [0.05, 0.1) is 0 Å². The molecule has 19 heavy (non-hydrogen) atoms. The minimum Gasteiger partial charge on any atom is -0.361 e. The second-order valence-electron chi connectivity index (χ2n) is 4.62. The maximum Gasteiger partial charge on any atom is 0.372 e. The van der Waals surface area contributed by atoms with E-state index >= 15 is 0 Å². The minimum atomic E-state index is -0.386. The molecule has 0 aromatic carbocycles. The number of nitrogens with one attached hydrogen (secondary N) is 2. The van der Waals surface area contributed by atoms with Crippen LogP contribution >= 0.6 is 11.3 Å². The topological polar surface area (TPSA) is 84.5 Å². The zero-order chi connectivity index (χ0) is 13.2. The number of thiazole rings is 1. The van der Waals surface area contributed by atoms with E-state index in [-0.39, 0.29) is 10.7 Å². The molecule has 2 aromatic heterocycles. The average Bonchev–Trinajstić information content (AvgIpc) is 2.96. The SMILES string of the molecule is O=[N+]([O-])c1c(NCC2CCCCN2)nc2sccn12. The lowest BCUT2D eigenvalue weighted by atomic mass is 10.1. The van der Waals surface area contributed by atoms with E-state index < -0.39 is 0 Å². The van der Waals surface area contributed by atoms with Crippen LogP contribution in [0.25, 0.3) is 4.96 Å². The van der Waals surface area contributed by atoms with Crippen LogP contribution < -0.4 is 10.6 Å². The molecule has 1 fully saturated rings. The van der Waals surface area contributed by atoms with E-state index in [0.717, 1.165) is 13.0 Å². The smallest absolute Gasteiger partial charge is 0.361 e. The number of aromatic nitrogens is 2. The molecule has 0 saturated carbocycles. The predicted molar refractivity (Wildman–Crippen MR) is 73.9 cm³/mol. The Bertz CT molecular complexity index is 587. The number of nitrogens with zero attached hydrogens (tertiary/aromatic N) is 3. The summed E-state index contributed by atoms with van der Waals surface area (Å²) in [4.78, 5) is 15.7. The van der Waals surface area contributed by atoms with Crippen LogP contribution in [0.1, 0.15) is 19.3 Å². The van der Waals surface area contributed by atoms with Gasteiger partial charge in [0, 0.05) is 18.0 Å². The third-order valence-corrected chi connectivity index (χ3v) is 4.09. The highest BCUT2D eigenvalue weighted by atomic mass is 32.1. The Morgan fingerprint density at radius 1 is 1.63 bits per heavy atom. The van der Waals surface area contributed by atoms with Gasteiger partial charge in [-0.3, -0.25) is 0 Å². The molecule has 3 heterocycles. The van der Waals surface area contributed by atoms with E-state index in [4.69, 9.17) is 0 Å². The average molecular weight is 281 g/mol. The van der Waals surface area contributed by atoms with Crippen molar-refractivity contribution >= 4 is 27.9 Å². The number of nitro groups is 1. The van der Waals surface area contributed by atoms with Crippen LogP contribution in [-0.4, -0.2) is 33.4 Å². The van der Waals surface area contributed by atoms with Gasteiger partial charge in [-0.1, -0.05) is 17.8 Å². The summed E-state index contributed by atoms with van der Waals surface area (Å²) in [5.74, 6) is 0.385. The Kier molecular flexibility index (Phi) is 3.34. The van der Waals surface area contributed by atoms with Gasteiger partial charge in [0.25, 0.3) is 4.96 Å². The predicted octanol–water partition coefficient (Wildman–Crippen LogP) is 1.86. The summed E-state index contributed by atoms with van der Waals surface area (Å²) in [6.45, 7) is 1.69. The first kappa shape index (κ1) is 12.4. The Labute approximate surface area is 113 Å². The number of hydrogen-bond acceptors (Lipinski definition) is 6. The van der Waals surface area contributed by atoms with Crippen LogP contribution in [0.2, 0.25) is 0 Å². The molecule has 0 spiro atoms. The first-order chi connectivity index (χ1) is 9.25. The van der Waals surface area contributed by atoms with Crippen molar-refractivity contribution in [2.45, 2.75) is 25.3 Å². The Morgan fingerprint density at radius 2 is 2.53 bits per heavy atom. The molecule has 1 aliphatic heterocycles. The zero-order valence-corrected chi connectivity index (χ0v) is 11.2. The fourth-order valence-electron chi connectivity index (χ4n) is 2.38. The molecule has 3 rings (SSSR count). The molecule has 0 amide bonds. The quantitative estimate of drug-likeness (QED) is 0.660. The third-order valence-electron chi connectivity index (χ3n) is 3.34. The standard InChI is InChI=1S/C11H15N5O2S/c17-16(18)10-9(14-11-15(10)5-6-19-11)13-7-8-3-1-2-4-12-8/h5-6,8,12-13H,1-4,7H2. The Morgan fingerprint density at radius 3 is 3.26 bits per heavy atom. The first-order valence-corrected chi connectivity index (χ1v) is 7.21. The lowest BCUT2D eigenvalue weighted by Gasteiger charge is -2.23. The number of anilines is 1. The van der Waals surface area contributed by atoms with Gasteiger partial charge in [-0.2, -0.15) is 9.38 Å². The largest absolute Gasteiger partial charge is 0.372 e. The summed E-state index contributed by atoms with van der Waals surface area (Å²) >= 11 is 1.39. The molecule has 1 atom stereocenters. The lowest BCUT2D eigenvalue weighted by Crippen LogP contribution is -2.39. The van der Waals surface area contributed by atoms with Crippen LogP contribution in [0, 0.1) is 10.1 Å². The maximum atomic E-state index is 11.1. The van der Waals surface area contributed by atoms with Crippen molar-refractivity contribution in [1.29, 1.82) is 0 Å². The van der Waals surface area contributed by atoms with E-state index in [1.807, 2.05) is 0 Å². The highest BCUT2D eigenvalue weighted by Gasteiger charge is 2.24. The van der Waals surface area contributed by atoms with Crippen molar-refractivity contribution in [2.75, 3.05) is 18.4 Å². The summed E-state index contributed by atoms with van der Waals surface area (Å²) in [6.07, 6.45) is 5.19. The highest BCUT2D eigenvalue weighted by molar-refractivity contribution is 7.15. The van der Waals surface area contributed by atoms with Gasteiger partial charge in [-0.15, -0.1) is 0 Å². The molecule has 0 bridgehead atoms. The summed E-state index contributed by atoms with van der Waals surface area (Å²) in [5, 5.41) is 19.4. The summed E-state index contributed by atoms with van der Waals surface area (Å²) in [6, 6.07) is 0.369. The number of imidazole rings is 1. The second-order valence-corrected chi connectivity index (χ2v) is 5.50. The van der Waals surface area contributed by atoms with Crippen molar-refractivity contribution in [3.8, 4) is 0 Å². The van der Waals surface area contributed by atoms with Gasteiger partial charge in [-0.25, -0.2) is 0 Å². The van der Waals surface area contributed by atoms with E-state index in [9.17, 15) is 10.1 Å². The monoisotopic (exact) mass is 281 g/mol. The fourth-order valence-corrected chi connectivity index (χ4v) is 3.09. The molecule has 2 aromatic rings. The Hall–Kier alpha value is -1.67. The molecule has 2 N–H and O–H groups in total. The van der Waals surface area contributed by atoms with E-state index in [1.54, 1.807) is 11.6 Å². The van der Waals surface area contributed by atoms with Crippen molar-refractivity contribution in [2.24, 2.45) is 0 Å². The molecule has 1 unspecified atom stereocenters. The van der Waals surface area contributed by atoms with Crippen LogP contribution in [0.4, 0.5) is 11.6 Å². The Balaban J connectivity index is 1.77. The molecular formula is C11H15N5O2S. The highest BCUT2D eigenvalue weighted by Crippen LogP contribution is 2.28. The molecule has 0 radical (unpaired) electrons. The summed E-state index contributed by atoms with van der Waals surface area (Å²) < 4.78 is 1.52. The van der Waals surface area contributed by atoms with Gasteiger partial charge < -0.3 is 20.7 Å². The second kappa shape index (κ2) is 5.14. The van der Waals surface area contributed by atoms with E-state index in [0.29, 0.717) is 23.4 Å². The normalized spacial score (nSPS) is 19.7. The van der Waals surface area contributed by atoms with Gasteiger partial charge >= 0.3 is 5.82 Å². The van der Waals surface area contributed by atoms with Crippen molar-refractivity contribution < 1.29 is 4.92 Å². The fraction of sp³-hybridized carbons (Fsp3) is 0.545. The number of piperidine rings is 1. The van der Waals surface area contributed by atoms with Crippen molar-refractivity contribution in [3.63, 3.8) is 0 Å². The zero-order valence-electron chi connectivity index (χ0n) is 10.3. The molecule has 7 nitrogen and oxygen atoms in total. The molecule has 0 aliphatic carbocycles. The molecular weight excluding hydrogens is 266 g/mol. The maximum absolute atomic E-state index is 11.1. The minimum absolute atomic E-state index is 0.0204. The number of hydrogen-bond donors (Lipinski definition) is 2. The molecule has 1 aliphatic rings. The van der Waals surface area contributed by atoms with Gasteiger partial charge in [0.15, 0.2) is 0 Å². The van der Waals surface area contributed by atoms with E-state index in [2.05, 4.69) is 15.6 Å². The molecule has 8 heteroatoms. The molecule has 102 valence electrons. The first-order valence-electron chi connectivity index (χ1n) is 6.33. The van der Waals surface area contributed by atoms with Gasteiger partial charge in [-0.05, 0) is 24.3 Å². The molecule has 1 saturated heterocycles. The van der Waals surface area contributed by atoms with E-state index in [1.165, 1.54) is 28.6 Å². The van der Waals surface area contributed by atoms with Crippen LogP contribution in [0.5, 0.6) is 0 Å². The van der Waals surface area contributed by atoms with Gasteiger partial charge in [0.1, 0.15) is 6.20 Å². The van der Waals surface area contributed by atoms with Gasteiger partial charge in [0.2, 0.25) is 5.82 Å². The summed E-state index contributed by atoms with van der Waals surface area (Å²) in [7, 11) is 0. The number of fused-ring (bicyclic) bond motifs is 1. The van der Waals surface area contributed by atoms with Crippen molar-refractivity contribution in [3.05, 3.63) is 21.7 Å².